The lowest BCUT2D eigenvalue weighted by atomic mass is 9.84. The molecule has 1 aliphatic carbocycles. The summed E-state index contributed by atoms with van der Waals surface area (Å²) in [7, 11) is 0. The van der Waals surface area contributed by atoms with Crippen LogP contribution in [0.1, 0.15) is 61.0 Å². The van der Waals surface area contributed by atoms with Gasteiger partial charge in [0.25, 0.3) is 11.1 Å². The van der Waals surface area contributed by atoms with Crippen molar-refractivity contribution in [3.63, 3.8) is 0 Å². The summed E-state index contributed by atoms with van der Waals surface area (Å²) in [6.07, 6.45) is 6.41. The Bertz CT molecular complexity index is 937. The minimum atomic E-state index is -2.85. The number of alkyl halides is 2. The molecule has 1 amide bonds. The van der Waals surface area contributed by atoms with Crippen LogP contribution in [0, 0.1) is 12.8 Å². The van der Waals surface area contributed by atoms with Crippen LogP contribution in [-0.4, -0.2) is 57.8 Å². The number of hydrogen-bond donors (Lipinski definition) is 1. The zero-order valence-corrected chi connectivity index (χ0v) is 19.9. The number of nitrogens with one attached hydrogen (secondary N) is 1. The third-order valence-corrected chi connectivity index (χ3v) is 7.45. The van der Waals surface area contributed by atoms with Crippen molar-refractivity contribution in [2.45, 2.75) is 77.3 Å². The number of carbonyl (C=O) groups is 1. The predicted molar refractivity (Wildman–Crippen MR) is 118 cm³/mol. The highest BCUT2D eigenvalue weighted by molar-refractivity contribution is 7.13. The normalized spacial score (nSPS) is 21.6. The molecule has 0 saturated heterocycles. The Morgan fingerprint density at radius 2 is 2.09 bits per heavy atom. The number of ether oxygens (including phenoxy) is 1. The predicted octanol–water partition coefficient (Wildman–Crippen LogP) is 3.53. The van der Waals surface area contributed by atoms with E-state index in [1.807, 2.05) is 0 Å². The lowest BCUT2D eigenvalue weighted by molar-refractivity contribution is -0.121. The lowest BCUT2D eigenvalue weighted by Crippen LogP contribution is -2.39. The second-order valence-corrected chi connectivity index (χ2v) is 10.3. The number of fused-ring (bicyclic) bond motifs is 1. The maximum absolute atomic E-state index is 13.0. The molecule has 4 rings (SSSR count). The van der Waals surface area contributed by atoms with Gasteiger partial charge in [0.15, 0.2) is 6.61 Å². The fraction of sp³-hybridized carbons (Fsp3) is 0.727. The molecule has 0 unspecified atom stereocenters. The Kier molecular flexibility index (Phi) is 7.58. The summed E-state index contributed by atoms with van der Waals surface area (Å²) in [5, 5.41) is 10.9. The summed E-state index contributed by atoms with van der Waals surface area (Å²) in [4.78, 5) is 20.2. The number of hydrogen-bond acceptors (Lipinski definition) is 8. The molecule has 33 heavy (non-hydrogen) atoms. The molecule has 1 N–H and O–H groups in total. The first-order valence-corrected chi connectivity index (χ1v) is 12.4. The fourth-order valence-electron chi connectivity index (χ4n) is 4.47. The maximum atomic E-state index is 13.0. The van der Waals surface area contributed by atoms with E-state index in [1.54, 1.807) is 6.92 Å². The van der Waals surface area contributed by atoms with Crippen LogP contribution in [-0.2, 0) is 24.2 Å². The molecule has 2 aliphatic rings. The number of rotatable bonds is 9. The molecule has 0 spiro atoms. The van der Waals surface area contributed by atoms with Gasteiger partial charge >= 0.3 is 0 Å². The first kappa shape index (κ1) is 24.0. The standard InChI is InChI=1S/C22H31F2N5O3S/c1-14-17(28-32-27-14)11-20(30)25-16-5-3-15(4-6-16)7-9-29-10-8-19-18(12-29)26-21(33-19)31-13-22(2,23)24/h15-16H,3-13H2,1-2H3,(H,25,30)/t15-,16-. The quantitative estimate of drug-likeness (QED) is 0.583. The van der Waals surface area contributed by atoms with E-state index in [9.17, 15) is 13.6 Å². The van der Waals surface area contributed by atoms with Crippen molar-refractivity contribution in [3.05, 3.63) is 22.0 Å². The Hall–Kier alpha value is -2.14. The smallest absolute Gasteiger partial charge is 0.278 e. The average Bonchev–Trinajstić information content (AvgIpc) is 3.36. The molecular formula is C22H31F2N5O3S. The maximum Gasteiger partial charge on any atom is 0.278 e. The van der Waals surface area contributed by atoms with Crippen LogP contribution in [0.15, 0.2) is 4.63 Å². The molecule has 1 aliphatic heterocycles. The number of aryl methyl sites for hydroxylation is 1. The van der Waals surface area contributed by atoms with E-state index < -0.39 is 12.5 Å². The van der Waals surface area contributed by atoms with Gasteiger partial charge < -0.3 is 10.1 Å². The highest BCUT2D eigenvalue weighted by Gasteiger charge is 2.27. The Morgan fingerprint density at radius 1 is 1.30 bits per heavy atom. The second-order valence-electron chi connectivity index (χ2n) is 9.28. The molecule has 1 fully saturated rings. The van der Waals surface area contributed by atoms with Crippen LogP contribution in [0.25, 0.3) is 0 Å². The molecule has 2 aromatic rings. The summed E-state index contributed by atoms with van der Waals surface area (Å²) >= 11 is 1.39. The van der Waals surface area contributed by atoms with Gasteiger partial charge in [-0.05, 0) is 57.9 Å². The van der Waals surface area contributed by atoms with Crippen molar-refractivity contribution < 1.29 is 22.9 Å². The van der Waals surface area contributed by atoms with E-state index >= 15 is 0 Å². The van der Waals surface area contributed by atoms with Gasteiger partial charge in [-0.15, -0.1) is 0 Å². The summed E-state index contributed by atoms with van der Waals surface area (Å²) in [5.41, 5.74) is 2.21. The minimum Gasteiger partial charge on any atom is -0.464 e. The largest absolute Gasteiger partial charge is 0.464 e. The van der Waals surface area contributed by atoms with Crippen LogP contribution in [0.2, 0.25) is 0 Å². The van der Waals surface area contributed by atoms with Crippen molar-refractivity contribution in [2.75, 3.05) is 19.7 Å². The van der Waals surface area contributed by atoms with Crippen LogP contribution >= 0.6 is 11.3 Å². The zero-order chi connectivity index (χ0) is 23.4. The zero-order valence-electron chi connectivity index (χ0n) is 19.1. The molecule has 0 bridgehead atoms. The number of halogens is 2. The first-order chi connectivity index (χ1) is 15.7. The molecule has 11 heteroatoms. The molecule has 0 radical (unpaired) electrons. The van der Waals surface area contributed by atoms with E-state index in [4.69, 9.17) is 4.74 Å². The third-order valence-electron chi connectivity index (χ3n) is 6.38. The van der Waals surface area contributed by atoms with Gasteiger partial charge in [0.2, 0.25) is 5.91 Å². The molecule has 8 nitrogen and oxygen atoms in total. The van der Waals surface area contributed by atoms with Crippen molar-refractivity contribution in [2.24, 2.45) is 5.92 Å². The highest BCUT2D eigenvalue weighted by atomic mass is 32.1. The molecule has 1 saturated carbocycles. The molecule has 182 valence electrons. The summed E-state index contributed by atoms with van der Waals surface area (Å²) in [6.45, 7) is 4.70. The average molecular weight is 484 g/mol. The van der Waals surface area contributed by atoms with Crippen LogP contribution in [0.3, 0.4) is 0 Å². The van der Waals surface area contributed by atoms with E-state index in [0.29, 0.717) is 22.5 Å². The Balaban J connectivity index is 1.15. The van der Waals surface area contributed by atoms with Gasteiger partial charge in [-0.1, -0.05) is 21.7 Å². The molecule has 2 aromatic heterocycles. The van der Waals surface area contributed by atoms with E-state index in [-0.39, 0.29) is 18.4 Å². The van der Waals surface area contributed by atoms with Gasteiger partial charge in [-0.3, -0.25) is 9.69 Å². The first-order valence-electron chi connectivity index (χ1n) is 11.5. The molecule has 0 aromatic carbocycles. The Labute approximate surface area is 196 Å². The molecular weight excluding hydrogens is 452 g/mol. The van der Waals surface area contributed by atoms with Crippen LogP contribution < -0.4 is 10.1 Å². The second kappa shape index (κ2) is 10.4. The number of carbonyl (C=O) groups excluding carboxylic acids is 1. The van der Waals surface area contributed by atoms with Crippen molar-refractivity contribution >= 4 is 17.2 Å². The number of amides is 1. The van der Waals surface area contributed by atoms with Gasteiger partial charge in [-0.25, -0.2) is 18.4 Å². The summed E-state index contributed by atoms with van der Waals surface area (Å²) in [6, 6.07) is 0.218. The van der Waals surface area contributed by atoms with Crippen molar-refractivity contribution in [1.82, 2.24) is 25.5 Å². The lowest BCUT2D eigenvalue weighted by Gasteiger charge is -2.32. The van der Waals surface area contributed by atoms with Gasteiger partial charge in [-0.2, -0.15) is 0 Å². The van der Waals surface area contributed by atoms with E-state index in [1.165, 1.54) is 11.3 Å². The van der Waals surface area contributed by atoms with Gasteiger partial charge in [0.05, 0.1) is 12.1 Å². The Morgan fingerprint density at radius 3 is 2.79 bits per heavy atom. The summed E-state index contributed by atoms with van der Waals surface area (Å²) in [5.74, 6) is -2.23. The van der Waals surface area contributed by atoms with E-state index in [0.717, 1.165) is 75.7 Å². The van der Waals surface area contributed by atoms with Crippen molar-refractivity contribution in [3.8, 4) is 5.19 Å². The van der Waals surface area contributed by atoms with Crippen LogP contribution in [0.5, 0.6) is 5.19 Å². The van der Waals surface area contributed by atoms with Crippen molar-refractivity contribution in [1.29, 1.82) is 0 Å². The number of thiazole rings is 1. The molecule has 0 atom stereocenters. The topological polar surface area (TPSA) is 93.4 Å². The minimum absolute atomic E-state index is 0.0318. The SMILES string of the molecule is Cc1nonc1CC(=O)N[C@H]1CC[C@H](CCN2CCc3sc(OCC(C)(F)F)nc3C2)CC1. The molecule has 3 heterocycles. The number of aromatic nitrogens is 3. The van der Waals surface area contributed by atoms with Gasteiger partial charge in [0, 0.05) is 30.9 Å². The van der Waals surface area contributed by atoms with Gasteiger partial charge in [0.1, 0.15) is 11.4 Å². The monoisotopic (exact) mass is 483 g/mol. The van der Waals surface area contributed by atoms with Crippen LogP contribution in [0.4, 0.5) is 8.78 Å². The summed E-state index contributed by atoms with van der Waals surface area (Å²) < 4.78 is 35.9. The third kappa shape index (κ3) is 6.92. The number of nitrogens with zero attached hydrogens (tertiary/aromatic N) is 4. The van der Waals surface area contributed by atoms with E-state index in [2.05, 4.69) is 30.1 Å². The fourth-order valence-corrected chi connectivity index (χ4v) is 5.38. The highest BCUT2D eigenvalue weighted by Crippen LogP contribution is 2.32.